The minimum absolute atomic E-state index is 0.129. The molecule has 0 aromatic carbocycles. The van der Waals surface area contributed by atoms with Gasteiger partial charge in [-0.1, -0.05) is 0 Å². The maximum atomic E-state index is 12.1. The van der Waals surface area contributed by atoms with Crippen LogP contribution in [-0.2, 0) is 18.4 Å². The maximum Gasteiger partial charge on any atom is 0.264 e. The first-order chi connectivity index (χ1) is 9.65. The molecule has 0 radical (unpaired) electrons. The standard InChI is InChI=1S/C11H11N7O2/c1-17-10-7(4-14-17)11(20)18(6-12-10)5-9(19)15-8-2-3-13-16-8/h2-4,6H,5H2,1H3,(H2,13,15,16,19). The summed E-state index contributed by atoms with van der Waals surface area (Å²) in [7, 11) is 1.70. The third-order valence-electron chi connectivity index (χ3n) is 2.81. The van der Waals surface area contributed by atoms with Crippen molar-refractivity contribution in [3.8, 4) is 0 Å². The van der Waals surface area contributed by atoms with Crippen molar-refractivity contribution >= 4 is 22.8 Å². The number of rotatable bonds is 3. The van der Waals surface area contributed by atoms with Crippen molar-refractivity contribution < 1.29 is 4.79 Å². The van der Waals surface area contributed by atoms with Gasteiger partial charge < -0.3 is 5.32 Å². The third-order valence-corrected chi connectivity index (χ3v) is 2.81. The molecule has 20 heavy (non-hydrogen) atoms. The van der Waals surface area contributed by atoms with Crippen LogP contribution < -0.4 is 10.9 Å². The van der Waals surface area contributed by atoms with Gasteiger partial charge in [-0.2, -0.15) is 10.2 Å². The Kier molecular flexibility index (Phi) is 2.78. The lowest BCUT2D eigenvalue weighted by Gasteiger charge is -2.05. The molecule has 0 spiro atoms. The monoisotopic (exact) mass is 273 g/mol. The molecule has 9 nitrogen and oxygen atoms in total. The first-order valence-corrected chi connectivity index (χ1v) is 5.81. The van der Waals surface area contributed by atoms with Crippen LogP contribution in [0.15, 0.2) is 29.6 Å². The van der Waals surface area contributed by atoms with Crippen LogP contribution in [0, 0.1) is 0 Å². The first-order valence-electron chi connectivity index (χ1n) is 5.81. The van der Waals surface area contributed by atoms with Gasteiger partial charge in [0.25, 0.3) is 5.56 Å². The number of nitrogens with zero attached hydrogens (tertiary/aromatic N) is 5. The lowest BCUT2D eigenvalue weighted by atomic mass is 10.4. The Labute approximate surface area is 112 Å². The van der Waals surface area contributed by atoms with Gasteiger partial charge in [0.05, 0.1) is 12.4 Å². The number of fused-ring (bicyclic) bond motifs is 1. The summed E-state index contributed by atoms with van der Waals surface area (Å²) in [5.74, 6) is 0.125. The van der Waals surface area contributed by atoms with E-state index >= 15 is 0 Å². The fourth-order valence-corrected chi connectivity index (χ4v) is 1.85. The Bertz CT molecular complexity index is 815. The van der Waals surface area contributed by atoms with Gasteiger partial charge in [0.1, 0.15) is 24.1 Å². The van der Waals surface area contributed by atoms with Gasteiger partial charge in [-0.15, -0.1) is 0 Å². The lowest BCUT2D eigenvalue weighted by molar-refractivity contribution is -0.116. The lowest BCUT2D eigenvalue weighted by Crippen LogP contribution is -2.27. The molecule has 0 saturated heterocycles. The Morgan fingerprint density at radius 3 is 3.10 bits per heavy atom. The number of aromatic nitrogens is 6. The molecule has 3 heterocycles. The fourth-order valence-electron chi connectivity index (χ4n) is 1.85. The van der Waals surface area contributed by atoms with E-state index in [-0.39, 0.29) is 18.0 Å². The largest absolute Gasteiger partial charge is 0.310 e. The minimum Gasteiger partial charge on any atom is -0.310 e. The number of carbonyl (C=O) groups is 1. The predicted octanol–water partition coefficient (Wildman–Crippen LogP) is -0.508. The molecule has 0 fully saturated rings. The molecule has 1 amide bonds. The topological polar surface area (TPSA) is 110 Å². The molecule has 0 bridgehead atoms. The molecule has 0 saturated carbocycles. The normalized spacial score (nSPS) is 10.8. The van der Waals surface area contributed by atoms with E-state index in [0.717, 1.165) is 0 Å². The zero-order chi connectivity index (χ0) is 14.1. The molecule has 0 aliphatic rings. The highest BCUT2D eigenvalue weighted by Gasteiger charge is 2.11. The molecule has 102 valence electrons. The number of nitrogens with one attached hydrogen (secondary N) is 2. The highest BCUT2D eigenvalue weighted by molar-refractivity contribution is 5.89. The molecule has 2 N–H and O–H groups in total. The molecular formula is C11H11N7O2. The maximum absolute atomic E-state index is 12.1. The summed E-state index contributed by atoms with van der Waals surface area (Å²) >= 11 is 0. The molecule has 0 unspecified atom stereocenters. The van der Waals surface area contributed by atoms with Crippen molar-refractivity contribution in [2.75, 3.05) is 5.32 Å². The summed E-state index contributed by atoms with van der Waals surface area (Å²) in [5, 5.41) is 13.2. The van der Waals surface area contributed by atoms with Crippen LogP contribution in [0.25, 0.3) is 11.0 Å². The van der Waals surface area contributed by atoms with Crippen molar-refractivity contribution in [3.63, 3.8) is 0 Å². The smallest absolute Gasteiger partial charge is 0.264 e. The third kappa shape index (κ3) is 2.05. The van der Waals surface area contributed by atoms with Crippen molar-refractivity contribution in [2.24, 2.45) is 7.05 Å². The average molecular weight is 273 g/mol. The summed E-state index contributed by atoms with van der Waals surface area (Å²) < 4.78 is 2.74. The first kappa shape index (κ1) is 12.1. The molecule has 0 aliphatic heterocycles. The summed E-state index contributed by atoms with van der Waals surface area (Å²) in [6.45, 7) is -0.129. The summed E-state index contributed by atoms with van der Waals surface area (Å²) in [5.41, 5.74) is 0.183. The summed E-state index contributed by atoms with van der Waals surface area (Å²) in [6.07, 6.45) is 4.29. The van der Waals surface area contributed by atoms with Crippen LogP contribution in [0.1, 0.15) is 0 Å². The number of hydrogen-bond acceptors (Lipinski definition) is 5. The van der Waals surface area contributed by atoms with Gasteiger partial charge in [-0.3, -0.25) is 23.9 Å². The van der Waals surface area contributed by atoms with E-state index in [1.165, 1.54) is 28.0 Å². The Morgan fingerprint density at radius 1 is 1.50 bits per heavy atom. The molecule has 0 aliphatic carbocycles. The quantitative estimate of drug-likeness (QED) is 0.668. The number of hydrogen-bond donors (Lipinski definition) is 2. The highest BCUT2D eigenvalue weighted by Crippen LogP contribution is 2.03. The van der Waals surface area contributed by atoms with Crippen molar-refractivity contribution in [1.29, 1.82) is 0 Å². The average Bonchev–Trinajstić information content (AvgIpc) is 3.04. The van der Waals surface area contributed by atoms with E-state index < -0.39 is 0 Å². The fraction of sp³-hybridized carbons (Fsp3) is 0.182. The Balaban J connectivity index is 1.86. The van der Waals surface area contributed by atoms with Crippen LogP contribution in [0.2, 0.25) is 0 Å². The minimum atomic E-state index is -0.346. The Hall–Kier alpha value is -2.97. The van der Waals surface area contributed by atoms with Gasteiger partial charge >= 0.3 is 0 Å². The van der Waals surface area contributed by atoms with E-state index in [4.69, 9.17) is 0 Å². The van der Waals surface area contributed by atoms with E-state index in [2.05, 4.69) is 25.6 Å². The molecular weight excluding hydrogens is 262 g/mol. The van der Waals surface area contributed by atoms with E-state index in [1.807, 2.05) is 0 Å². The van der Waals surface area contributed by atoms with Gasteiger partial charge in [0.15, 0.2) is 5.65 Å². The highest BCUT2D eigenvalue weighted by atomic mass is 16.2. The number of aromatic amines is 1. The van der Waals surface area contributed by atoms with E-state index in [9.17, 15) is 9.59 Å². The van der Waals surface area contributed by atoms with Crippen LogP contribution in [0.4, 0.5) is 5.82 Å². The van der Waals surface area contributed by atoms with Crippen LogP contribution in [0.5, 0.6) is 0 Å². The SMILES string of the molecule is Cn1ncc2c(=O)n(CC(=O)Nc3ccn[nH]3)cnc21. The molecule has 9 heteroatoms. The van der Waals surface area contributed by atoms with Crippen LogP contribution in [0.3, 0.4) is 0 Å². The molecule has 3 aromatic heterocycles. The molecule has 3 aromatic rings. The number of aryl methyl sites for hydroxylation is 1. The number of H-pyrrole nitrogens is 1. The number of amides is 1. The second-order valence-electron chi connectivity index (χ2n) is 4.20. The van der Waals surface area contributed by atoms with Gasteiger partial charge in [0.2, 0.25) is 5.91 Å². The van der Waals surface area contributed by atoms with Gasteiger partial charge in [0, 0.05) is 13.1 Å². The zero-order valence-electron chi connectivity index (χ0n) is 10.6. The van der Waals surface area contributed by atoms with E-state index in [1.54, 1.807) is 13.1 Å². The van der Waals surface area contributed by atoms with Gasteiger partial charge in [-0.25, -0.2) is 4.98 Å². The summed E-state index contributed by atoms with van der Waals surface area (Å²) in [4.78, 5) is 28.1. The predicted molar refractivity (Wildman–Crippen MR) is 70.0 cm³/mol. The van der Waals surface area contributed by atoms with Crippen molar-refractivity contribution in [3.05, 3.63) is 35.1 Å². The summed E-state index contributed by atoms with van der Waals surface area (Å²) in [6, 6.07) is 1.61. The Morgan fingerprint density at radius 2 is 2.35 bits per heavy atom. The number of anilines is 1. The second kappa shape index (κ2) is 4.61. The molecule has 0 atom stereocenters. The zero-order valence-corrected chi connectivity index (χ0v) is 10.6. The van der Waals surface area contributed by atoms with Crippen LogP contribution in [-0.4, -0.2) is 35.4 Å². The molecule has 3 rings (SSSR count). The van der Waals surface area contributed by atoms with Crippen molar-refractivity contribution in [2.45, 2.75) is 6.54 Å². The van der Waals surface area contributed by atoms with Gasteiger partial charge in [-0.05, 0) is 0 Å². The van der Waals surface area contributed by atoms with Crippen molar-refractivity contribution in [1.82, 2.24) is 29.5 Å². The second-order valence-corrected chi connectivity index (χ2v) is 4.20. The van der Waals surface area contributed by atoms with Crippen LogP contribution >= 0.6 is 0 Å². The number of carbonyl (C=O) groups excluding carboxylic acids is 1. The van der Waals surface area contributed by atoms with E-state index in [0.29, 0.717) is 16.9 Å².